The van der Waals surface area contributed by atoms with E-state index in [1.807, 2.05) is 41.8 Å². The van der Waals surface area contributed by atoms with Gasteiger partial charge in [0.25, 0.3) is 0 Å². The minimum absolute atomic E-state index is 0.144. The maximum absolute atomic E-state index is 12.3. The number of carbonyl (C=O) groups is 2. The van der Waals surface area contributed by atoms with E-state index in [1.54, 1.807) is 38.6 Å². The second-order valence-corrected chi connectivity index (χ2v) is 8.83. The number of aromatic nitrogens is 3. The number of rotatable bonds is 9. The summed E-state index contributed by atoms with van der Waals surface area (Å²) in [6.45, 7) is 2.08. The van der Waals surface area contributed by atoms with Gasteiger partial charge in [-0.05, 0) is 37.1 Å². The molecule has 0 bridgehead atoms. The van der Waals surface area contributed by atoms with Crippen LogP contribution in [-0.4, -0.2) is 51.9 Å². The summed E-state index contributed by atoms with van der Waals surface area (Å²) in [5.74, 6) is 0.302. The number of hydrogen-bond acceptors (Lipinski definition) is 8. The molecule has 0 radical (unpaired) electrons. The number of esters is 1. The van der Waals surface area contributed by atoms with Crippen molar-refractivity contribution in [2.75, 3.05) is 18.6 Å². The standard InChI is InChI=1S/C26H26N4O5S/c1-3-35-23(31)14-21(18-10-12-22(34-2)28-15-18)25-29-19(16-36-25)7-4-8-20-11-9-17-6-5-13-27-24(17)30(20)26(32)33/h4-7,9-13,15-16,20-21H,3,8,14H2,1-2H3,(H,32,33)/b7-4+. The van der Waals surface area contributed by atoms with Gasteiger partial charge in [0.05, 0.1) is 31.9 Å². The molecule has 10 heteroatoms. The number of carbonyl (C=O) groups excluding carboxylic acids is 1. The van der Waals surface area contributed by atoms with Crippen LogP contribution in [-0.2, 0) is 9.53 Å². The van der Waals surface area contributed by atoms with E-state index in [0.717, 1.165) is 21.8 Å². The fourth-order valence-electron chi connectivity index (χ4n) is 3.93. The summed E-state index contributed by atoms with van der Waals surface area (Å²) in [5, 5.41) is 12.4. The summed E-state index contributed by atoms with van der Waals surface area (Å²) >= 11 is 1.45. The molecule has 0 saturated carbocycles. The Morgan fingerprint density at radius 3 is 2.86 bits per heavy atom. The number of fused-ring (bicyclic) bond motifs is 1. The molecular formula is C26H26N4O5S. The first kappa shape index (κ1) is 25.1. The van der Waals surface area contributed by atoms with E-state index < -0.39 is 6.09 Å². The van der Waals surface area contributed by atoms with Gasteiger partial charge in [-0.25, -0.2) is 19.7 Å². The highest BCUT2D eigenvalue weighted by Gasteiger charge is 2.28. The van der Waals surface area contributed by atoms with Crippen LogP contribution in [0, 0.1) is 0 Å². The minimum Gasteiger partial charge on any atom is -0.481 e. The number of nitrogens with zero attached hydrogens (tertiary/aromatic N) is 4. The van der Waals surface area contributed by atoms with Crippen molar-refractivity contribution >= 4 is 41.4 Å². The first-order valence-corrected chi connectivity index (χ1v) is 12.3. The van der Waals surface area contributed by atoms with E-state index in [-0.39, 0.29) is 24.3 Å². The van der Waals surface area contributed by atoms with E-state index >= 15 is 0 Å². The second kappa shape index (κ2) is 11.6. The van der Waals surface area contributed by atoms with E-state index in [2.05, 4.69) is 9.97 Å². The number of hydrogen-bond donors (Lipinski definition) is 1. The van der Waals surface area contributed by atoms with Gasteiger partial charge in [0, 0.05) is 35.3 Å². The van der Waals surface area contributed by atoms with Crippen molar-refractivity contribution in [2.24, 2.45) is 0 Å². The van der Waals surface area contributed by atoms with Crippen LogP contribution in [0.3, 0.4) is 0 Å². The normalized spacial score (nSPS) is 15.5. The topological polar surface area (TPSA) is 115 Å². The number of anilines is 1. The third-order valence-corrected chi connectivity index (χ3v) is 6.61. The highest BCUT2D eigenvalue weighted by Crippen LogP contribution is 2.32. The Labute approximate surface area is 212 Å². The summed E-state index contributed by atoms with van der Waals surface area (Å²) in [6, 6.07) is 6.86. The largest absolute Gasteiger partial charge is 0.481 e. The van der Waals surface area contributed by atoms with E-state index in [0.29, 0.717) is 24.7 Å². The third kappa shape index (κ3) is 5.77. The molecule has 0 fully saturated rings. The lowest BCUT2D eigenvalue weighted by atomic mass is 9.98. The Morgan fingerprint density at radius 2 is 2.14 bits per heavy atom. The van der Waals surface area contributed by atoms with Gasteiger partial charge in [-0.2, -0.15) is 0 Å². The zero-order valence-electron chi connectivity index (χ0n) is 19.9. The molecule has 1 aliphatic heterocycles. The van der Waals surface area contributed by atoms with Crippen molar-refractivity contribution in [3.05, 3.63) is 76.0 Å². The second-order valence-electron chi connectivity index (χ2n) is 7.94. The maximum atomic E-state index is 12.3. The Balaban J connectivity index is 1.50. The fraction of sp³-hybridized carbons (Fsp3) is 0.269. The predicted octanol–water partition coefficient (Wildman–Crippen LogP) is 5.01. The van der Waals surface area contributed by atoms with Crippen molar-refractivity contribution in [3.8, 4) is 5.88 Å². The van der Waals surface area contributed by atoms with Crippen molar-refractivity contribution < 1.29 is 24.2 Å². The number of methoxy groups -OCH3 is 1. The van der Waals surface area contributed by atoms with Crippen LogP contribution >= 0.6 is 11.3 Å². The molecule has 0 spiro atoms. The van der Waals surface area contributed by atoms with E-state index in [9.17, 15) is 14.7 Å². The fourth-order valence-corrected chi connectivity index (χ4v) is 4.85. The highest BCUT2D eigenvalue weighted by molar-refractivity contribution is 7.09. The van der Waals surface area contributed by atoms with Crippen LogP contribution in [0.25, 0.3) is 12.2 Å². The molecule has 0 aliphatic carbocycles. The lowest BCUT2D eigenvalue weighted by Crippen LogP contribution is -2.40. The Morgan fingerprint density at radius 1 is 1.28 bits per heavy atom. The molecule has 2 atom stereocenters. The molecule has 4 rings (SSSR count). The lowest BCUT2D eigenvalue weighted by Gasteiger charge is -2.29. The third-order valence-electron chi connectivity index (χ3n) is 5.63. The number of thiazole rings is 1. The molecule has 0 aromatic carbocycles. The summed E-state index contributed by atoms with van der Waals surface area (Å²) in [4.78, 5) is 38.7. The van der Waals surface area contributed by atoms with Crippen LogP contribution in [0.2, 0.25) is 0 Å². The van der Waals surface area contributed by atoms with Crippen LogP contribution in [0.5, 0.6) is 5.88 Å². The highest BCUT2D eigenvalue weighted by atomic mass is 32.1. The van der Waals surface area contributed by atoms with Crippen LogP contribution in [0.4, 0.5) is 10.6 Å². The van der Waals surface area contributed by atoms with Crippen molar-refractivity contribution in [1.29, 1.82) is 0 Å². The molecule has 2 unspecified atom stereocenters. The summed E-state index contributed by atoms with van der Waals surface area (Å²) < 4.78 is 10.3. The Hall–Kier alpha value is -4.05. The molecule has 3 aromatic rings. The molecule has 1 amide bonds. The van der Waals surface area contributed by atoms with Crippen molar-refractivity contribution in [3.63, 3.8) is 0 Å². The van der Waals surface area contributed by atoms with Gasteiger partial charge >= 0.3 is 12.1 Å². The Kier molecular flexibility index (Phi) is 8.06. The van der Waals surface area contributed by atoms with Gasteiger partial charge in [-0.15, -0.1) is 11.3 Å². The molecule has 36 heavy (non-hydrogen) atoms. The average Bonchev–Trinajstić information content (AvgIpc) is 3.35. The van der Waals surface area contributed by atoms with E-state index in [4.69, 9.17) is 14.5 Å². The zero-order chi connectivity index (χ0) is 25.5. The Bertz CT molecular complexity index is 1270. The molecule has 1 N–H and O–H groups in total. The summed E-state index contributed by atoms with van der Waals surface area (Å²) in [7, 11) is 1.55. The number of amides is 1. The van der Waals surface area contributed by atoms with Gasteiger partial charge in [-0.1, -0.05) is 24.3 Å². The van der Waals surface area contributed by atoms with Gasteiger partial charge in [0.1, 0.15) is 10.8 Å². The molecule has 1 aliphatic rings. The minimum atomic E-state index is -1.05. The SMILES string of the molecule is CCOC(=O)CC(c1ccc(OC)nc1)c1nc(/C=C/CC2C=Cc3cccnc3N2C(=O)O)cs1. The van der Waals surface area contributed by atoms with Crippen LogP contribution < -0.4 is 9.64 Å². The average molecular weight is 507 g/mol. The molecule has 0 saturated heterocycles. The van der Waals surface area contributed by atoms with E-state index in [1.165, 1.54) is 16.2 Å². The lowest BCUT2D eigenvalue weighted by molar-refractivity contribution is -0.143. The van der Waals surface area contributed by atoms with Crippen LogP contribution in [0.15, 0.2) is 54.2 Å². The summed E-state index contributed by atoms with van der Waals surface area (Å²) in [6.07, 6.45) is 10.3. The quantitative estimate of drug-likeness (QED) is 0.403. The van der Waals surface area contributed by atoms with Gasteiger partial charge in [0.2, 0.25) is 5.88 Å². The molecule has 4 heterocycles. The first-order chi connectivity index (χ1) is 17.5. The van der Waals surface area contributed by atoms with Gasteiger partial charge < -0.3 is 14.6 Å². The monoisotopic (exact) mass is 506 g/mol. The molecule has 186 valence electrons. The number of carboxylic acid groups (broad SMARTS) is 1. The molecular weight excluding hydrogens is 480 g/mol. The zero-order valence-corrected chi connectivity index (χ0v) is 20.7. The van der Waals surface area contributed by atoms with Crippen molar-refractivity contribution in [1.82, 2.24) is 15.0 Å². The molecule has 3 aromatic heterocycles. The smallest absolute Gasteiger partial charge is 0.413 e. The molecule has 9 nitrogen and oxygen atoms in total. The van der Waals surface area contributed by atoms with Gasteiger partial charge in [0.15, 0.2) is 0 Å². The van der Waals surface area contributed by atoms with Crippen LogP contribution in [0.1, 0.15) is 47.5 Å². The van der Waals surface area contributed by atoms with Crippen molar-refractivity contribution in [2.45, 2.75) is 31.7 Å². The van der Waals surface area contributed by atoms with Gasteiger partial charge in [-0.3, -0.25) is 9.69 Å². The predicted molar refractivity (Wildman–Crippen MR) is 137 cm³/mol. The number of ether oxygens (including phenoxy) is 2. The first-order valence-electron chi connectivity index (χ1n) is 11.4. The summed E-state index contributed by atoms with van der Waals surface area (Å²) in [5.41, 5.74) is 2.33. The number of pyridine rings is 2. The maximum Gasteiger partial charge on any atom is 0.413 e.